The molecule has 1 fully saturated rings. The van der Waals surface area contributed by atoms with Gasteiger partial charge in [0.1, 0.15) is 0 Å². The normalized spacial score (nSPS) is 14.6. The predicted octanol–water partition coefficient (Wildman–Crippen LogP) is 2.37. The van der Waals surface area contributed by atoms with Gasteiger partial charge in [0, 0.05) is 29.3 Å². The topological polar surface area (TPSA) is 69.1 Å². The summed E-state index contributed by atoms with van der Waals surface area (Å²) in [5.74, 6) is 0.114. The zero-order chi connectivity index (χ0) is 9.97. The van der Waals surface area contributed by atoms with E-state index in [-0.39, 0.29) is 5.91 Å². The van der Waals surface area contributed by atoms with Gasteiger partial charge in [-0.3, -0.25) is 4.79 Å². The van der Waals surface area contributed by atoms with E-state index < -0.39 is 0 Å². The third-order valence-electron chi connectivity index (χ3n) is 2.15. The van der Waals surface area contributed by atoms with Gasteiger partial charge in [0.25, 0.3) is 0 Å². The summed E-state index contributed by atoms with van der Waals surface area (Å²) in [4.78, 5) is 15.5. The smallest absolute Gasteiger partial charge is 0.228 e. The lowest BCUT2D eigenvalue weighted by atomic mass is 10.1. The van der Waals surface area contributed by atoms with Crippen molar-refractivity contribution in [2.75, 3.05) is 11.4 Å². The minimum atomic E-state index is 0.114. The molecule has 1 heterocycles. The van der Waals surface area contributed by atoms with Gasteiger partial charge in [0.15, 0.2) is 0 Å². The van der Waals surface area contributed by atoms with Gasteiger partial charge < -0.3 is 4.90 Å². The third-order valence-corrected chi connectivity index (χ3v) is 2.15. The van der Waals surface area contributed by atoms with Crippen molar-refractivity contribution in [2.24, 2.45) is 5.11 Å². The van der Waals surface area contributed by atoms with Crippen LogP contribution in [0.3, 0.4) is 0 Å². The molecule has 0 spiro atoms. The minimum absolute atomic E-state index is 0.114. The molecule has 2 rings (SSSR count). The average molecular weight is 188 g/mol. The van der Waals surface area contributed by atoms with Crippen LogP contribution in [-0.2, 0) is 4.79 Å². The molecule has 1 aliphatic rings. The van der Waals surface area contributed by atoms with Gasteiger partial charge in [0.2, 0.25) is 5.91 Å². The number of amides is 1. The molecule has 5 nitrogen and oxygen atoms in total. The lowest BCUT2D eigenvalue weighted by Gasteiger charge is -2.30. The van der Waals surface area contributed by atoms with Crippen molar-refractivity contribution in [1.29, 1.82) is 0 Å². The number of azide groups is 1. The van der Waals surface area contributed by atoms with Crippen LogP contribution in [0.5, 0.6) is 0 Å². The van der Waals surface area contributed by atoms with Crippen LogP contribution in [0.1, 0.15) is 6.42 Å². The van der Waals surface area contributed by atoms with Crippen molar-refractivity contribution in [3.8, 4) is 0 Å². The maximum absolute atomic E-state index is 11.1. The molecule has 5 heteroatoms. The van der Waals surface area contributed by atoms with Crippen molar-refractivity contribution in [1.82, 2.24) is 0 Å². The zero-order valence-electron chi connectivity index (χ0n) is 7.42. The summed E-state index contributed by atoms with van der Waals surface area (Å²) in [5, 5.41) is 3.48. The van der Waals surface area contributed by atoms with Crippen molar-refractivity contribution < 1.29 is 4.79 Å². The van der Waals surface area contributed by atoms with Crippen molar-refractivity contribution in [2.45, 2.75) is 6.42 Å². The molecule has 0 aliphatic carbocycles. The second kappa shape index (κ2) is 3.40. The Morgan fingerprint density at radius 1 is 1.50 bits per heavy atom. The summed E-state index contributed by atoms with van der Waals surface area (Å²) < 4.78 is 0. The van der Waals surface area contributed by atoms with E-state index in [9.17, 15) is 4.79 Å². The van der Waals surface area contributed by atoms with E-state index in [0.717, 1.165) is 12.2 Å². The lowest BCUT2D eigenvalue weighted by Crippen LogP contribution is -2.43. The van der Waals surface area contributed by atoms with E-state index >= 15 is 0 Å². The summed E-state index contributed by atoms with van der Waals surface area (Å²) in [6, 6.07) is 7.00. The fourth-order valence-electron chi connectivity index (χ4n) is 1.36. The van der Waals surface area contributed by atoms with Gasteiger partial charge in [-0.15, -0.1) is 0 Å². The molecule has 1 amide bonds. The Bertz CT molecular complexity index is 423. The predicted molar refractivity (Wildman–Crippen MR) is 52.2 cm³/mol. The fourth-order valence-corrected chi connectivity index (χ4v) is 1.36. The molecule has 70 valence electrons. The van der Waals surface area contributed by atoms with Gasteiger partial charge in [-0.2, -0.15) is 0 Å². The van der Waals surface area contributed by atoms with E-state index in [1.54, 1.807) is 23.1 Å². The molecular weight excluding hydrogens is 180 g/mol. The van der Waals surface area contributed by atoms with Crippen LogP contribution in [0, 0.1) is 0 Å². The molecule has 1 saturated heterocycles. The Morgan fingerprint density at radius 3 is 2.93 bits per heavy atom. The maximum Gasteiger partial charge on any atom is 0.228 e. The SMILES string of the molecule is [N-]=[N+]=Nc1cccc(N2CCC2=O)c1. The number of carbonyl (C=O) groups excluding carboxylic acids is 1. The highest BCUT2D eigenvalue weighted by Gasteiger charge is 2.24. The standard InChI is InChI=1S/C9H8N4O/c10-12-11-7-2-1-3-8(6-7)13-5-4-9(13)14/h1-3,6H,4-5H2. The zero-order valence-corrected chi connectivity index (χ0v) is 7.42. The summed E-state index contributed by atoms with van der Waals surface area (Å²) in [7, 11) is 0. The lowest BCUT2D eigenvalue weighted by molar-refractivity contribution is -0.122. The molecule has 0 N–H and O–H groups in total. The largest absolute Gasteiger partial charge is 0.312 e. The number of benzene rings is 1. The quantitative estimate of drug-likeness (QED) is 0.304. The third kappa shape index (κ3) is 1.41. The molecule has 1 aromatic rings. The van der Waals surface area contributed by atoms with Gasteiger partial charge in [-0.05, 0) is 17.7 Å². The highest BCUT2D eigenvalue weighted by Crippen LogP contribution is 2.25. The number of β-lactam (4-membered cyclic amide) rings is 1. The van der Waals surface area contributed by atoms with Gasteiger partial charge in [-0.1, -0.05) is 17.2 Å². The Kier molecular flexibility index (Phi) is 2.08. The number of carbonyl (C=O) groups is 1. The molecule has 0 unspecified atom stereocenters. The highest BCUT2D eigenvalue weighted by molar-refractivity contribution is 5.99. The molecule has 14 heavy (non-hydrogen) atoms. The molecule has 1 aromatic carbocycles. The summed E-state index contributed by atoms with van der Waals surface area (Å²) in [5.41, 5.74) is 9.58. The summed E-state index contributed by atoms with van der Waals surface area (Å²) >= 11 is 0. The molecule has 0 radical (unpaired) electrons. The first-order chi connectivity index (χ1) is 6.81. The number of rotatable bonds is 2. The number of hydrogen-bond donors (Lipinski definition) is 0. The summed E-state index contributed by atoms with van der Waals surface area (Å²) in [6.45, 7) is 0.749. The Hall–Kier alpha value is -2.00. The Morgan fingerprint density at radius 2 is 2.36 bits per heavy atom. The first kappa shape index (κ1) is 8.59. The second-order valence-electron chi connectivity index (χ2n) is 3.00. The van der Waals surface area contributed by atoms with Gasteiger partial charge >= 0.3 is 0 Å². The molecule has 0 saturated carbocycles. The van der Waals surface area contributed by atoms with E-state index in [1.807, 2.05) is 6.07 Å². The van der Waals surface area contributed by atoms with Crippen LogP contribution in [0.4, 0.5) is 11.4 Å². The molecule has 0 bridgehead atoms. The fraction of sp³-hybridized carbons (Fsp3) is 0.222. The monoisotopic (exact) mass is 188 g/mol. The maximum atomic E-state index is 11.1. The molecule has 1 aliphatic heterocycles. The Labute approximate surface area is 80.6 Å². The van der Waals surface area contributed by atoms with Crippen molar-refractivity contribution >= 4 is 17.3 Å². The van der Waals surface area contributed by atoms with Crippen LogP contribution in [-0.4, -0.2) is 12.5 Å². The van der Waals surface area contributed by atoms with E-state index in [4.69, 9.17) is 5.53 Å². The number of hydrogen-bond acceptors (Lipinski definition) is 2. The minimum Gasteiger partial charge on any atom is -0.312 e. The number of nitrogens with zero attached hydrogens (tertiary/aromatic N) is 4. The Balaban J connectivity index is 2.30. The van der Waals surface area contributed by atoms with Crippen molar-refractivity contribution in [3.63, 3.8) is 0 Å². The molecular formula is C9H8N4O. The highest BCUT2D eigenvalue weighted by atomic mass is 16.2. The number of anilines is 1. The molecule has 0 atom stereocenters. The van der Waals surface area contributed by atoms with Crippen LogP contribution in [0.25, 0.3) is 10.4 Å². The van der Waals surface area contributed by atoms with E-state index in [0.29, 0.717) is 12.1 Å². The van der Waals surface area contributed by atoms with Crippen LogP contribution in [0.2, 0.25) is 0 Å². The molecule has 0 aromatic heterocycles. The van der Waals surface area contributed by atoms with Crippen LogP contribution in [0.15, 0.2) is 29.4 Å². The van der Waals surface area contributed by atoms with Gasteiger partial charge in [0.05, 0.1) is 0 Å². The van der Waals surface area contributed by atoms with Crippen LogP contribution >= 0.6 is 0 Å². The van der Waals surface area contributed by atoms with Gasteiger partial charge in [-0.25, -0.2) is 0 Å². The average Bonchev–Trinajstić information content (AvgIpc) is 2.17. The van der Waals surface area contributed by atoms with E-state index in [2.05, 4.69) is 10.0 Å². The van der Waals surface area contributed by atoms with Crippen LogP contribution < -0.4 is 4.90 Å². The van der Waals surface area contributed by atoms with Crippen molar-refractivity contribution in [3.05, 3.63) is 34.7 Å². The first-order valence-corrected chi connectivity index (χ1v) is 4.27. The first-order valence-electron chi connectivity index (χ1n) is 4.27. The van der Waals surface area contributed by atoms with E-state index in [1.165, 1.54) is 0 Å². The summed E-state index contributed by atoms with van der Waals surface area (Å²) in [6.07, 6.45) is 0.603. The second-order valence-corrected chi connectivity index (χ2v) is 3.00.